The zero-order valence-corrected chi connectivity index (χ0v) is 20.1. The number of benzene rings is 1. The highest BCUT2D eigenvalue weighted by Crippen LogP contribution is 2.49. The lowest BCUT2D eigenvalue weighted by atomic mass is 10.3. The van der Waals surface area contributed by atoms with Gasteiger partial charge in [-0.2, -0.15) is 0 Å². The van der Waals surface area contributed by atoms with E-state index in [0.717, 1.165) is 23.5 Å². The summed E-state index contributed by atoms with van der Waals surface area (Å²) >= 11 is 27.0. The first-order chi connectivity index (χ1) is 13.9. The number of carboxylic acid groups (broad SMARTS) is 2. The molecule has 1 aromatic rings. The summed E-state index contributed by atoms with van der Waals surface area (Å²) < 4.78 is 0. The SMILES string of the molecule is CC(=O)N[C@@H](CSc1c(Cl)c(Cl)c(SC[C@H](NC(C)=O)C(=O)O)c(Cl)c1Cl)C(=O)O. The molecule has 0 aromatic heterocycles. The van der Waals surface area contributed by atoms with Crippen LogP contribution in [0.4, 0.5) is 0 Å². The van der Waals surface area contributed by atoms with E-state index in [-0.39, 0.29) is 41.4 Å². The molecule has 1 aromatic carbocycles. The number of carbonyl (C=O) groups excluding carboxylic acids is 2. The smallest absolute Gasteiger partial charge is 0.327 e. The summed E-state index contributed by atoms with van der Waals surface area (Å²) in [6, 6.07) is -2.39. The predicted octanol–water partition coefficient (Wildman–Crippen LogP) is 3.66. The predicted molar refractivity (Wildman–Crippen MR) is 118 cm³/mol. The van der Waals surface area contributed by atoms with Crippen LogP contribution in [0.5, 0.6) is 0 Å². The largest absolute Gasteiger partial charge is 0.480 e. The van der Waals surface area contributed by atoms with Crippen LogP contribution in [0.15, 0.2) is 9.79 Å². The molecule has 0 fully saturated rings. The molecule has 14 heteroatoms. The van der Waals surface area contributed by atoms with E-state index < -0.39 is 35.8 Å². The molecule has 0 spiro atoms. The average Bonchev–Trinajstić information content (AvgIpc) is 2.63. The van der Waals surface area contributed by atoms with Crippen LogP contribution in [0.3, 0.4) is 0 Å². The molecule has 0 aliphatic heterocycles. The fourth-order valence-electron chi connectivity index (χ4n) is 2.02. The molecule has 8 nitrogen and oxygen atoms in total. The van der Waals surface area contributed by atoms with E-state index in [1.165, 1.54) is 13.8 Å². The first-order valence-corrected chi connectivity index (χ1v) is 11.5. The molecule has 2 atom stereocenters. The summed E-state index contributed by atoms with van der Waals surface area (Å²) in [5.41, 5.74) is 0. The van der Waals surface area contributed by atoms with Crippen molar-refractivity contribution in [2.75, 3.05) is 11.5 Å². The third-order valence-corrected chi connectivity index (χ3v) is 7.87. The molecule has 0 radical (unpaired) electrons. The Morgan fingerprint density at radius 2 is 1.00 bits per heavy atom. The third kappa shape index (κ3) is 7.58. The Kier molecular flexibility index (Phi) is 10.9. The second-order valence-corrected chi connectivity index (χ2v) is 9.29. The summed E-state index contributed by atoms with van der Waals surface area (Å²) in [6.07, 6.45) is 0. The van der Waals surface area contributed by atoms with Crippen LogP contribution in [0.2, 0.25) is 20.1 Å². The second-order valence-electron chi connectivity index (χ2n) is 5.72. The molecule has 2 amide bonds. The van der Waals surface area contributed by atoms with Crippen molar-refractivity contribution >= 4 is 93.7 Å². The van der Waals surface area contributed by atoms with Gasteiger partial charge in [-0.15, -0.1) is 23.5 Å². The fourth-order valence-corrected chi connectivity index (χ4v) is 5.78. The minimum Gasteiger partial charge on any atom is -0.480 e. The number of rotatable bonds is 10. The molecule has 0 aliphatic rings. The quantitative estimate of drug-likeness (QED) is 0.262. The Bertz CT molecular complexity index is 773. The van der Waals surface area contributed by atoms with Gasteiger partial charge >= 0.3 is 11.9 Å². The maximum atomic E-state index is 11.3. The van der Waals surface area contributed by atoms with E-state index in [1.807, 2.05) is 0 Å². The Hall–Kier alpha value is -1.04. The number of hydrogen-bond donors (Lipinski definition) is 4. The molecule has 0 saturated carbocycles. The first-order valence-electron chi connectivity index (χ1n) is 7.98. The standard InChI is InChI=1S/C16H16Cl4N2O6S2/c1-5(23)21-7(15(25)26)3-29-13-9(17)11(19)14(12(20)10(13)18)30-4-8(16(27)28)22-6(2)24/h7-8H,3-4H2,1-2H3,(H,21,23)(H,22,24)(H,25,26)(H,27,28)/t7-,8-/m0/s1. The molecule has 0 aliphatic carbocycles. The van der Waals surface area contributed by atoms with Gasteiger partial charge in [-0.05, 0) is 0 Å². The van der Waals surface area contributed by atoms with Crippen molar-refractivity contribution in [1.29, 1.82) is 0 Å². The summed E-state index contributed by atoms with van der Waals surface area (Å²) in [5, 5.41) is 22.9. The fraction of sp³-hybridized carbons (Fsp3) is 0.375. The Labute approximate surface area is 200 Å². The van der Waals surface area contributed by atoms with E-state index in [2.05, 4.69) is 10.6 Å². The Morgan fingerprint density at radius 3 is 1.20 bits per heavy atom. The van der Waals surface area contributed by atoms with Gasteiger partial charge in [0.25, 0.3) is 0 Å². The summed E-state index contributed by atoms with van der Waals surface area (Å²) in [6.45, 7) is 2.37. The van der Waals surface area contributed by atoms with Crippen molar-refractivity contribution in [2.24, 2.45) is 0 Å². The highest BCUT2D eigenvalue weighted by Gasteiger charge is 2.26. The number of nitrogens with one attached hydrogen (secondary N) is 2. The maximum Gasteiger partial charge on any atom is 0.327 e. The van der Waals surface area contributed by atoms with E-state index in [4.69, 9.17) is 46.4 Å². The zero-order valence-electron chi connectivity index (χ0n) is 15.4. The van der Waals surface area contributed by atoms with Crippen LogP contribution in [-0.4, -0.2) is 57.6 Å². The van der Waals surface area contributed by atoms with Gasteiger partial charge in [0.05, 0.1) is 20.1 Å². The van der Waals surface area contributed by atoms with E-state index >= 15 is 0 Å². The molecule has 0 bridgehead atoms. The van der Waals surface area contributed by atoms with Gasteiger partial charge in [-0.3, -0.25) is 9.59 Å². The van der Waals surface area contributed by atoms with Gasteiger partial charge in [0, 0.05) is 35.1 Å². The number of aliphatic carboxylic acids is 2. The van der Waals surface area contributed by atoms with Gasteiger partial charge in [-0.25, -0.2) is 9.59 Å². The molecule has 0 unspecified atom stereocenters. The van der Waals surface area contributed by atoms with Gasteiger partial charge in [0.1, 0.15) is 12.1 Å². The molecule has 30 heavy (non-hydrogen) atoms. The Balaban J connectivity index is 3.11. The number of carboxylic acids is 2. The monoisotopic (exact) mass is 536 g/mol. The van der Waals surface area contributed by atoms with E-state index in [0.29, 0.717) is 0 Å². The summed E-state index contributed by atoms with van der Waals surface area (Å²) in [7, 11) is 0. The molecule has 1 rings (SSSR count). The normalized spacial score (nSPS) is 12.7. The Morgan fingerprint density at radius 1 is 0.733 bits per heavy atom. The van der Waals surface area contributed by atoms with Crippen LogP contribution in [0.1, 0.15) is 13.8 Å². The van der Waals surface area contributed by atoms with Crippen LogP contribution in [0.25, 0.3) is 0 Å². The van der Waals surface area contributed by atoms with Crippen LogP contribution in [0, 0.1) is 0 Å². The lowest BCUT2D eigenvalue weighted by Gasteiger charge is -2.18. The highest BCUT2D eigenvalue weighted by molar-refractivity contribution is 8.00. The van der Waals surface area contributed by atoms with Crippen LogP contribution < -0.4 is 10.6 Å². The molecular formula is C16H16Cl4N2O6S2. The van der Waals surface area contributed by atoms with Gasteiger partial charge < -0.3 is 20.8 Å². The van der Waals surface area contributed by atoms with Crippen molar-refractivity contribution in [3.63, 3.8) is 0 Å². The molecule has 0 saturated heterocycles. The van der Waals surface area contributed by atoms with Crippen molar-refractivity contribution in [2.45, 2.75) is 35.7 Å². The van der Waals surface area contributed by atoms with Crippen molar-refractivity contribution < 1.29 is 29.4 Å². The van der Waals surface area contributed by atoms with Crippen molar-refractivity contribution in [3.8, 4) is 0 Å². The van der Waals surface area contributed by atoms with Crippen molar-refractivity contribution in [1.82, 2.24) is 10.6 Å². The number of amides is 2. The lowest BCUT2D eigenvalue weighted by Crippen LogP contribution is -2.41. The molecule has 166 valence electrons. The summed E-state index contributed by atoms with van der Waals surface area (Å²) in [5.74, 6) is -3.72. The lowest BCUT2D eigenvalue weighted by molar-refractivity contribution is -0.141. The highest BCUT2D eigenvalue weighted by atomic mass is 35.5. The molecular weight excluding hydrogens is 522 g/mol. The zero-order chi connectivity index (χ0) is 23.2. The maximum absolute atomic E-state index is 11.3. The number of thioether (sulfide) groups is 2. The minimum absolute atomic E-state index is 0.00284. The van der Waals surface area contributed by atoms with Crippen molar-refractivity contribution in [3.05, 3.63) is 20.1 Å². The van der Waals surface area contributed by atoms with Gasteiger partial charge in [-0.1, -0.05) is 46.4 Å². The van der Waals surface area contributed by atoms with Crippen LogP contribution >= 0.6 is 69.9 Å². The van der Waals surface area contributed by atoms with Gasteiger partial charge in [0.2, 0.25) is 11.8 Å². The topological polar surface area (TPSA) is 133 Å². The first kappa shape index (κ1) is 27.0. The van der Waals surface area contributed by atoms with Crippen LogP contribution in [-0.2, 0) is 19.2 Å². The van der Waals surface area contributed by atoms with E-state index in [1.54, 1.807) is 0 Å². The number of halogens is 4. The number of hydrogen-bond acceptors (Lipinski definition) is 6. The number of carbonyl (C=O) groups is 4. The third-order valence-electron chi connectivity index (χ3n) is 3.32. The summed E-state index contributed by atoms with van der Waals surface area (Å²) in [4.78, 5) is 45.3. The second kappa shape index (κ2) is 12.1. The molecule has 0 heterocycles. The van der Waals surface area contributed by atoms with Gasteiger partial charge in [0.15, 0.2) is 0 Å². The molecule has 4 N–H and O–H groups in total. The van der Waals surface area contributed by atoms with E-state index in [9.17, 15) is 29.4 Å². The minimum atomic E-state index is -1.24. The average molecular weight is 538 g/mol.